The minimum Gasteiger partial charge on any atom is -0.492 e. The average molecular weight is 347 g/mol. The molecule has 4 heteroatoms. The molecule has 0 fully saturated rings. The van der Waals surface area contributed by atoms with Crippen LogP contribution in [0.3, 0.4) is 0 Å². The standard InChI is InChI=1S/C17H19BrN2O/c1-19-9-10-20(17-8-3-2-7-16(17)19)11-12-21-15-6-4-5-14(18)13-15/h2-8,13H,9-12H2,1H3. The maximum Gasteiger partial charge on any atom is 0.120 e. The molecule has 0 bridgehead atoms. The van der Waals surface area contributed by atoms with E-state index in [0.717, 1.165) is 29.9 Å². The van der Waals surface area contributed by atoms with E-state index in [4.69, 9.17) is 4.74 Å². The molecular weight excluding hydrogens is 328 g/mol. The number of hydrogen-bond acceptors (Lipinski definition) is 3. The summed E-state index contributed by atoms with van der Waals surface area (Å²) in [6.45, 7) is 3.68. The Hall–Kier alpha value is -1.68. The molecule has 0 aromatic heterocycles. The number of benzene rings is 2. The first-order valence-corrected chi connectivity index (χ1v) is 7.97. The van der Waals surface area contributed by atoms with Crippen LogP contribution in [0, 0.1) is 0 Å². The van der Waals surface area contributed by atoms with Crippen molar-refractivity contribution in [2.45, 2.75) is 0 Å². The Bertz CT molecular complexity index is 617. The second kappa shape index (κ2) is 6.39. The van der Waals surface area contributed by atoms with Gasteiger partial charge in [-0.15, -0.1) is 0 Å². The second-order valence-electron chi connectivity index (χ2n) is 5.20. The zero-order valence-electron chi connectivity index (χ0n) is 12.1. The van der Waals surface area contributed by atoms with E-state index < -0.39 is 0 Å². The van der Waals surface area contributed by atoms with Crippen LogP contribution in [0.25, 0.3) is 0 Å². The number of rotatable bonds is 4. The molecule has 0 atom stereocenters. The second-order valence-corrected chi connectivity index (χ2v) is 6.12. The van der Waals surface area contributed by atoms with E-state index in [1.54, 1.807) is 0 Å². The monoisotopic (exact) mass is 346 g/mol. The van der Waals surface area contributed by atoms with Gasteiger partial charge < -0.3 is 14.5 Å². The fraction of sp³-hybridized carbons (Fsp3) is 0.294. The molecule has 0 aliphatic carbocycles. The number of hydrogen-bond donors (Lipinski definition) is 0. The van der Waals surface area contributed by atoms with Gasteiger partial charge in [0.15, 0.2) is 0 Å². The predicted molar refractivity (Wildman–Crippen MR) is 91.6 cm³/mol. The zero-order valence-corrected chi connectivity index (χ0v) is 13.7. The summed E-state index contributed by atoms with van der Waals surface area (Å²) in [5, 5.41) is 0. The van der Waals surface area contributed by atoms with E-state index in [2.05, 4.69) is 57.0 Å². The lowest BCUT2D eigenvalue weighted by molar-refractivity contribution is 0.323. The summed E-state index contributed by atoms with van der Waals surface area (Å²) in [5.74, 6) is 0.909. The van der Waals surface area contributed by atoms with Crippen LogP contribution in [0.1, 0.15) is 0 Å². The number of nitrogens with zero attached hydrogens (tertiary/aromatic N) is 2. The topological polar surface area (TPSA) is 15.7 Å². The summed E-state index contributed by atoms with van der Waals surface area (Å²) < 4.78 is 6.89. The number of para-hydroxylation sites is 2. The molecule has 110 valence electrons. The fourth-order valence-corrected chi connectivity index (χ4v) is 3.01. The summed E-state index contributed by atoms with van der Waals surface area (Å²) in [7, 11) is 2.15. The summed E-state index contributed by atoms with van der Waals surface area (Å²) in [6, 6.07) is 16.5. The first-order chi connectivity index (χ1) is 10.2. The highest BCUT2D eigenvalue weighted by Gasteiger charge is 2.19. The van der Waals surface area contributed by atoms with Gasteiger partial charge in [-0.3, -0.25) is 0 Å². The predicted octanol–water partition coefficient (Wildman–Crippen LogP) is 3.78. The van der Waals surface area contributed by atoms with Crippen molar-refractivity contribution in [3.63, 3.8) is 0 Å². The molecule has 0 unspecified atom stereocenters. The molecule has 2 aromatic carbocycles. The van der Waals surface area contributed by atoms with Crippen LogP contribution < -0.4 is 14.5 Å². The van der Waals surface area contributed by atoms with Gasteiger partial charge >= 0.3 is 0 Å². The van der Waals surface area contributed by atoms with E-state index in [1.165, 1.54) is 11.4 Å². The van der Waals surface area contributed by atoms with Crippen molar-refractivity contribution in [2.24, 2.45) is 0 Å². The van der Waals surface area contributed by atoms with Gasteiger partial charge in [0.2, 0.25) is 0 Å². The van der Waals surface area contributed by atoms with Crippen LogP contribution in [0.15, 0.2) is 53.0 Å². The Morgan fingerprint density at radius 1 is 1.05 bits per heavy atom. The van der Waals surface area contributed by atoms with E-state index >= 15 is 0 Å². The van der Waals surface area contributed by atoms with Crippen molar-refractivity contribution >= 4 is 27.3 Å². The molecule has 0 saturated heterocycles. The van der Waals surface area contributed by atoms with Crippen molar-refractivity contribution in [1.29, 1.82) is 0 Å². The fourth-order valence-electron chi connectivity index (χ4n) is 2.63. The lowest BCUT2D eigenvalue weighted by atomic mass is 10.2. The van der Waals surface area contributed by atoms with E-state index in [0.29, 0.717) is 6.61 Å². The van der Waals surface area contributed by atoms with E-state index in [9.17, 15) is 0 Å². The Morgan fingerprint density at radius 3 is 2.67 bits per heavy atom. The lowest BCUT2D eigenvalue weighted by Crippen LogP contribution is -2.41. The molecule has 2 aromatic rings. The molecule has 0 amide bonds. The van der Waals surface area contributed by atoms with E-state index in [1.807, 2.05) is 24.3 Å². The van der Waals surface area contributed by atoms with Gasteiger partial charge in [-0.25, -0.2) is 0 Å². The van der Waals surface area contributed by atoms with Crippen molar-refractivity contribution in [3.05, 3.63) is 53.0 Å². The molecule has 0 N–H and O–H groups in total. The van der Waals surface area contributed by atoms with Crippen molar-refractivity contribution in [2.75, 3.05) is 43.1 Å². The third kappa shape index (κ3) is 3.32. The third-order valence-corrected chi connectivity index (χ3v) is 4.26. The Morgan fingerprint density at radius 2 is 1.86 bits per heavy atom. The molecule has 0 radical (unpaired) electrons. The molecule has 1 aliphatic heterocycles. The van der Waals surface area contributed by atoms with Crippen LogP contribution in [-0.4, -0.2) is 33.3 Å². The van der Waals surface area contributed by atoms with Crippen LogP contribution >= 0.6 is 15.9 Å². The highest BCUT2D eigenvalue weighted by Crippen LogP contribution is 2.31. The number of ether oxygens (including phenoxy) is 1. The largest absolute Gasteiger partial charge is 0.492 e. The molecule has 0 spiro atoms. The van der Waals surface area contributed by atoms with Crippen molar-refractivity contribution < 1.29 is 4.74 Å². The third-order valence-electron chi connectivity index (χ3n) is 3.77. The SMILES string of the molecule is CN1CCN(CCOc2cccc(Br)c2)c2ccccc21. The van der Waals surface area contributed by atoms with Gasteiger partial charge in [-0.05, 0) is 30.3 Å². The highest BCUT2D eigenvalue weighted by atomic mass is 79.9. The molecule has 0 saturated carbocycles. The van der Waals surface area contributed by atoms with Gasteiger partial charge in [0.05, 0.1) is 17.9 Å². The molecule has 21 heavy (non-hydrogen) atoms. The van der Waals surface area contributed by atoms with Crippen LogP contribution in [-0.2, 0) is 0 Å². The van der Waals surface area contributed by atoms with Crippen LogP contribution in [0.5, 0.6) is 5.75 Å². The summed E-state index contributed by atoms with van der Waals surface area (Å²) in [4.78, 5) is 4.70. The summed E-state index contributed by atoms with van der Waals surface area (Å²) >= 11 is 3.46. The van der Waals surface area contributed by atoms with Crippen LogP contribution in [0.2, 0.25) is 0 Å². The number of likely N-dealkylation sites (N-methyl/N-ethyl adjacent to an activating group) is 1. The van der Waals surface area contributed by atoms with Gasteiger partial charge in [-0.2, -0.15) is 0 Å². The zero-order chi connectivity index (χ0) is 14.7. The molecule has 3 nitrogen and oxygen atoms in total. The normalized spacial score (nSPS) is 14.0. The molecule has 3 rings (SSSR count). The Labute approximate surface area is 134 Å². The maximum absolute atomic E-state index is 5.85. The van der Waals surface area contributed by atoms with Gasteiger partial charge in [-0.1, -0.05) is 34.1 Å². The minimum atomic E-state index is 0.689. The first-order valence-electron chi connectivity index (χ1n) is 7.17. The van der Waals surface area contributed by atoms with Gasteiger partial charge in [0.25, 0.3) is 0 Å². The molecule has 1 heterocycles. The van der Waals surface area contributed by atoms with Gasteiger partial charge in [0.1, 0.15) is 12.4 Å². The van der Waals surface area contributed by atoms with Crippen molar-refractivity contribution in [1.82, 2.24) is 0 Å². The Kier molecular flexibility index (Phi) is 4.34. The molecule has 1 aliphatic rings. The molecular formula is C17H19BrN2O. The average Bonchev–Trinajstić information content (AvgIpc) is 2.50. The van der Waals surface area contributed by atoms with Crippen molar-refractivity contribution in [3.8, 4) is 5.75 Å². The highest BCUT2D eigenvalue weighted by molar-refractivity contribution is 9.10. The summed E-state index contributed by atoms with van der Waals surface area (Å²) in [6.07, 6.45) is 0. The lowest BCUT2D eigenvalue weighted by Gasteiger charge is -2.36. The number of halogens is 1. The van der Waals surface area contributed by atoms with Crippen LogP contribution in [0.4, 0.5) is 11.4 Å². The Balaban J connectivity index is 1.63. The first kappa shape index (κ1) is 14.3. The van der Waals surface area contributed by atoms with Gasteiger partial charge in [0, 0.05) is 24.6 Å². The minimum absolute atomic E-state index is 0.689. The summed E-state index contributed by atoms with van der Waals surface area (Å²) in [5.41, 5.74) is 2.59. The maximum atomic E-state index is 5.85. The van der Waals surface area contributed by atoms with E-state index in [-0.39, 0.29) is 0 Å². The quantitative estimate of drug-likeness (QED) is 0.837. The smallest absolute Gasteiger partial charge is 0.120 e. The number of anilines is 2. The number of fused-ring (bicyclic) bond motifs is 1.